The van der Waals surface area contributed by atoms with Crippen molar-refractivity contribution in [2.75, 3.05) is 5.32 Å². The molecular formula is C10H10ClNO2. The van der Waals surface area contributed by atoms with E-state index in [2.05, 4.69) is 5.32 Å². The van der Waals surface area contributed by atoms with E-state index < -0.39 is 0 Å². The monoisotopic (exact) mass is 211 g/mol. The van der Waals surface area contributed by atoms with Crippen molar-refractivity contribution >= 4 is 29.0 Å². The topological polar surface area (TPSA) is 46.2 Å². The highest BCUT2D eigenvalue weighted by atomic mass is 35.5. The highest BCUT2D eigenvalue weighted by Crippen LogP contribution is 2.20. The lowest BCUT2D eigenvalue weighted by Crippen LogP contribution is -2.09. The van der Waals surface area contributed by atoms with Gasteiger partial charge in [-0.1, -0.05) is 11.6 Å². The quantitative estimate of drug-likeness (QED) is 0.764. The smallest absolute Gasteiger partial charge is 0.221 e. The number of Topliss-reactive ketones (excluding diaryl/α,β-unsaturated/α-hetero) is 1. The van der Waals surface area contributed by atoms with Crippen LogP contribution in [0.2, 0.25) is 5.02 Å². The minimum atomic E-state index is -0.213. The van der Waals surface area contributed by atoms with E-state index in [1.54, 1.807) is 12.1 Å². The van der Waals surface area contributed by atoms with Gasteiger partial charge < -0.3 is 5.32 Å². The van der Waals surface area contributed by atoms with Crippen LogP contribution in [0, 0.1) is 0 Å². The van der Waals surface area contributed by atoms with Crippen LogP contribution in [0.1, 0.15) is 24.2 Å². The van der Waals surface area contributed by atoms with Gasteiger partial charge in [0.2, 0.25) is 5.91 Å². The molecule has 0 saturated heterocycles. The molecule has 1 rings (SSSR count). The van der Waals surface area contributed by atoms with Gasteiger partial charge in [-0.15, -0.1) is 0 Å². The summed E-state index contributed by atoms with van der Waals surface area (Å²) in [6.45, 7) is 2.81. The van der Waals surface area contributed by atoms with Gasteiger partial charge in [-0.3, -0.25) is 9.59 Å². The van der Waals surface area contributed by atoms with Crippen LogP contribution in [0.3, 0.4) is 0 Å². The molecule has 0 aromatic heterocycles. The van der Waals surface area contributed by atoms with Crippen LogP contribution >= 0.6 is 11.6 Å². The lowest BCUT2D eigenvalue weighted by Gasteiger charge is -2.07. The third-order valence-electron chi connectivity index (χ3n) is 1.67. The maximum Gasteiger partial charge on any atom is 0.221 e. The third kappa shape index (κ3) is 2.57. The van der Waals surface area contributed by atoms with E-state index in [0.29, 0.717) is 16.3 Å². The highest BCUT2D eigenvalue weighted by Gasteiger charge is 2.08. The molecule has 0 unspecified atom stereocenters. The van der Waals surface area contributed by atoms with E-state index in [1.807, 2.05) is 0 Å². The average Bonchev–Trinajstić information content (AvgIpc) is 2.07. The van der Waals surface area contributed by atoms with Gasteiger partial charge in [0.05, 0.1) is 5.69 Å². The number of amides is 1. The van der Waals surface area contributed by atoms with Crippen LogP contribution in [0.4, 0.5) is 5.69 Å². The number of hydrogen-bond donors (Lipinski definition) is 1. The van der Waals surface area contributed by atoms with Crippen LogP contribution in [0.15, 0.2) is 18.2 Å². The molecule has 14 heavy (non-hydrogen) atoms. The van der Waals surface area contributed by atoms with Crippen LogP contribution in [-0.2, 0) is 4.79 Å². The molecule has 0 radical (unpaired) electrons. The number of rotatable bonds is 2. The molecule has 0 bridgehead atoms. The molecule has 0 aliphatic heterocycles. The Kier molecular flexibility index (Phi) is 3.25. The first-order valence-corrected chi connectivity index (χ1v) is 4.46. The Morgan fingerprint density at radius 3 is 2.43 bits per heavy atom. The van der Waals surface area contributed by atoms with E-state index in [1.165, 1.54) is 19.9 Å². The highest BCUT2D eigenvalue weighted by molar-refractivity contribution is 6.31. The van der Waals surface area contributed by atoms with Crippen LogP contribution in [-0.4, -0.2) is 11.7 Å². The Morgan fingerprint density at radius 1 is 1.29 bits per heavy atom. The molecule has 1 amide bonds. The molecule has 0 atom stereocenters. The Balaban J connectivity index is 3.14. The molecule has 3 nitrogen and oxygen atoms in total. The predicted octanol–water partition coefficient (Wildman–Crippen LogP) is 2.50. The summed E-state index contributed by atoms with van der Waals surface area (Å²) in [6, 6.07) is 4.77. The summed E-state index contributed by atoms with van der Waals surface area (Å²) in [5, 5.41) is 3.04. The Hall–Kier alpha value is -1.35. The number of carbonyl (C=O) groups is 2. The lowest BCUT2D eigenvalue weighted by atomic mass is 10.1. The zero-order valence-electron chi connectivity index (χ0n) is 7.93. The molecule has 0 fully saturated rings. The van der Waals surface area contributed by atoms with E-state index >= 15 is 0 Å². The van der Waals surface area contributed by atoms with Crippen molar-refractivity contribution in [3.63, 3.8) is 0 Å². The first-order valence-electron chi connectivity index (χ1n) is 4.09. The molecule has 0 aliphatic rings. The summed E-state index contributed by atoms with van der Waals surface area (Å²) in [5.41, 5.74) is 0.919. The summed E-state index contributed by atoms with van der Waals surface area (Å²) in [7, 11) is 0. The van der Waals surface area contributed by atoms with Crippen LogP contribution < -0.4 is 5.32 Å². The summed E-state index contributed by atoms with van der Waals surface area (Å²) >= 11 is 5.73. The zero-order chi connectivity index (χ0) is 10.7. The van der Waals surface area contributed by atoms with Crippen LogP contribution in [0.25, 0.3) is 0 Å². The maximum atomic E-state index is 11.2. The van der Waals surface area contributed by atoms with Crippen molar-refractivity contribution in [1.82, 2.24) is 0 Å². The molecule has 1 aromatic rings. The third-order valence-corrected chi connectivity index (χ3v) is 1.91. The summed E-state index contributed by atoms with van der Waals surface area (Å²) < 4.78 is 0. The van der Waals surface area contributed by atoms with Crippen LogP contribution in [0.5, 0.6) is 0 Å². The van der Waals surface area contributed by atoms with Gasteiger partial charge in [0, 0.05) is 17.5 Å². The van der Waals surface area contributed by atoms with Gasteiger partial charge in [0.25, 0.3) is 0 Å². The Bertz CT molecular complexity index is 388. The molecule has 0 saturated carbocycles. The second-order valence-electron chi connectivity index (χ2n) is 2.93. The maximum absolute atomic E-state index is 11.2. The standard InChI is InChI=1S/C10H10ClNO2/c1-6(13)9-5-8(11)3-4-10(9)12-7(2)14/h3-5H,1-2H3,(H,12,14). The van der Waals surface area contributed by atoms with Crippen molar-refractivity contribution < 1.29 is 9.59 Å². The van der Waals surface area contributed by atoms with Gasteiger partial charge >= 0.3 is 0 Å². The number of ketones is 1. The second kappa shape index (κ2) is 4.24. The van der Waals surface area contributed by atoms with Gasteiger partial charge in [0.15, 0.2) is 5.78 Å². The average molecular weight is 212 g/mol. The number of benzene rings is 1. The number of hydrogen-bond acceptors (Lipinski definition) is 2. The van der Waals surface area contributed by atoms with E-state index in [-0.39, 0.29) is 11.7 Å². The largest absolute Gasteiger partial charge is 0.326 e. The Labute approximate surface area is 87.1 Å². The van der Waals surface area contributed by atoms with Crippen molar-refractivity contribution in [2.24, 2.45) is 0 Å². The fourth-order valence-corrected chi connectivity index (χ4v) is 1.28. The molecule has 74 valence electrons. The van der Waals surface area contributed by atoms with E-state index in [0.717, 1.165) is 0 Å². The van der Waals surface area contributed by atoms with Gasteiger partial charge in [-0.25, -0.2) is 0 Å². The summed E-state index contributed by atoms with van der Waals surface area (Å²) in [5.74, 6) is -0.342. The molecular weight excluding hydrogens is 202 g/mol. The van der Waals surface area contributed by atoms with Gasteiger partial charge in [-0.2, -0.15) is 0 Å². The lowest BCUT2D eigenvalue weighted by molar-refractivity contribution is -0.114. The summed E-state index contributed by atoms with van der Waals surface area (Å²) in [4.78, 5) is 22.0. The number of carbonyl (C=O) groups excluding carboxylic acids is 2. The first kappa shape index (κ1) is 10.7. The van der Waals surface area contributed by atoms with Crippen molar-refractivity contribution in [3.05, 3.63) is 28.8 Å². The zero-order valence-corrected chi connectivity index (χ0v) is 8.68. The first-order chi connectivity index (χ1) is 6.50. The number of halogens is 1. The minimum Gasteiger partial charge on any atom is -0.326 e. The fraction of sp³-hybridized carbons (Fsp3) is 0.200. The van der Waals surface area contributed by atoms with Gasteiger partial charge in [-0.05, 0) is 25.1 Å². The van der Waals surface area contributed by atoms with Crippen molar-refractivity contribution in [2.45, 2.75) is 13.8 Å². The molecule has 0 heterocycles. The second-order valence-corrected chi connectivity index (χ2v) is 3.36. The molecule has 1 N–H and O–H groups in total. The fourth-order valence-electron chi connectivity index (χ4n) is 1.11. The predicted molar refractivity (Wildman–Crippen MR) is 55.8 cm³/mol. The van der Waals surface area contributed by atoms with Crippen molar-refractivity contribution in [1.29, 1.82) is 0 Å². The molecule has 1 aromatic carbocycles. The molecule has 0 aliphatic carbocycles. The van der Waals surface area contributed by atoms with E-state index in [4.69, 9.17) is 11.6 Å². The SMILES string of the molecule is CC(=O)Nc1ccc(Cl)cc1C(C)=O. The van der Waals surface area contributed by atoms with Gasteiger partial charge in [0.1, 0.15) is 0 Å². The van der Waals surface area contributed by atoms with E-state index in [9.17, 15) is 9.59 Å². The molecule has 0 spiro atoms. The van der Waals surface area contributed by atoms with Crippen molar-refractivity contribution in [3.8, 4) is 0 Å². The molecule has 4 heteroatoms. The minimum absolute atomic E-state index is 0.128. The Morgan fingerprint density at radius 2 is 1.93 bits per heavy atom. The normalized spacial score (nSPS) is 9.64. The number of anilines is 1. The summed E-state index contributed by atoms with van der Waals surface area (Å²) in [6.07, 6.45) is 0. The number of nitrogens with one attached hydrogen (secondary N) is 1.